The highest BCUT2D eigenvalue weighted by Gasteiger charge is 2.52. The first-order chi connectivity index (χ1) is 14.7. The Balaban J connectivity index is 1.46. The molecule has 3 aliphatic rings. The first-order valence-corrected chi connectivity index (χ1v) is 11.4. The molecule has 0 radical (unpaired) electrons. The van der Waals surface area contributed by atoms with E-state index in [1.807, 2.05) is 66.7 Å². The van der Waals surface area contributed by atoms with Crippen molar-refractivity contribution in [2.75, 3.05) is 13.1 Å². The molecule has 1 aromatic carbocycles. The molecule has 3 heterocycles. The zero-order valence-electron chi connectivity index (χ0n) is 20.2. The number of amides is 1. The van der Waals surface area contributed by atoms with Gasteiger partial charge in [0, 0.05) is 25.9 Å². The zero-order valence-corrected chi connectivity index (χ0v) is 20.2. The van der Waals surface area contributed by atoms with E-state index in [0.29, 0.717) is 43.7 Å². The van der Waals surface area contributed by atoms with Crippen LogP contribution in [0.2, 0.25) is 0 Å². The quantitative estimate of drug-likeness (QED) is 0.616. The summed E-state index contributed by atoms with van der Waals surface area (Å²) in [6.45, 7) is 14.6. The van der Waals surface area contributed by atoms with Gasteiger partial charge in [0.2, 0.25) is 0 Å². The highest BCUT2D eigenvalue weighted by Crippen LogP contribution is 2.40. The molecule has 174 valence electrons. The van der Waals surface area contributed by atoms with Crippen LogP contribution in [0.4, 0.5) is 4.79 Å². The summed E-state index contributed by atoms with van der Waals surface area (Å²) < 4.78 is 24.1. The minimum atomic E-state index is -0.575. The second-order valence-corrected chi connectivity index (χ2v) is 11.2. The third kappa shape index (κ3) is 4.27. The average Bonchev–Trinajstić information content (AvgIpc) is 2.88. The van der Waals surface area contributed by atoms with Crippen LogP contribution in [0.15, 0.2) is 18.2 Å². The summed E-state index contributed by atoms with van der Waals surface area (Å²) in [6.07, 6.45) is 1.17. The standard InChI is InChI=1S/C24H34BNO6/c1-21(2,3)30-20(28)26-12-10-24(11-13-26)15-18(27)17-14-16(8-9-19(17)29-24)25-31-22(4,5)23(6,7)32-25/h8-9,14H,10-13,15H2,1-7H3. The van der Waals surface area contributed by atoms with Gasteiger partial charge in [-0.25, -0.2) is 4.79 Å². The molecule has 8 heteroatoms. The summed E-state index contributed by atoms with van der Waals surface area (Å²) in [5.41, 5.74) is -0.612. The number of benzene rings is 1. The number of likely N-dealkylation sites (tertiary alicyclic amines) is 1. The van der Waals surface area contributed by atoms with Crippen LogP contribution in [0.25, 0.3) is 0 Å². The summed E-state index contributed by atoms with van der Waals surface area (Å²) in [4.78, 5) is 27.2. The number of hydrogen-bond donors (Lipinski definition) is 0. The molecule has 2 fully saturated rings. The molecule has 0 unspecified atom stereocenters. The van der Waals surface area contributed by atoms with Gasteiger partial charge in [0.1, 0.15) is 17.0 Å². The van der Waals surface area contributed by atoms with Crippen LogP contribution in [0.5, 0.6) is 5.75 Å². The Kier molecular flexibility index (Phi) is 5.41. The average molecular weight is 443 g/mol. The van der Waals surface area contributed by atoms with Crippen molar-refractivity contribution in [3.05, 3.63) is 23.8 Å². The third-order valence-corrected chi connectivity index (χ3v) is 6.96. The molecule has 4 rings (SSSR count). The fourth-order valence-corrected chi connectivity index (χ4v) is 4.34. The first kappa shape index (κ1) is 23.1. The lowest BCUT2D eigenvalue weighted by Crippen LogP contribution is -2.53. The third-order valence-electron chi connectivity index (χ3n) is 6.96. The van der Waals surface area contributed by atoms with E-state index in [9.17, 15) is 9.59 Å². The molecule has 2 saturated heterocycles. The molecule has 0 N–H and O–H groups in total. The molecule has 1 amide bonds. The van der Waals surface area contributed by atoms with Crippen LogP contribution in [-0.4, -0.2) is 59.4 Å². The first-order valence-electron chi connectivity index (χ1n) is 11.4. The lowest BCUT2D eigenvalue weighted by Gasteiger charge is -2.44. The minimum absolute atomic E-state index is 0.0512. The molecule has 1 spiro atoms. The van der Waals surface area contributed by atoms with Crippen molar-refractivity contribution in [1.82, 2.24) is 4.90 Å². The maximum atomic E-state index is 13.1. The smallest absolute Gasteiger partial charge is 0.486 e. The predicted octanol–water partition coefficient (Wildman–Crippen LogP) is 3.72. The fraction of sp³-hybridized carbons (Fsp3) is 0.667. The van der Waals surface area contributed by atoms with Crippen molar-refractivity contribution in [3.63, 3.8) is 0 Å². The molecule has 3 aliphatic heterocycles. The number of carbonyl (C=O) groups is 2. The van der Waals surface area contributed by atoms with E-state index in [0.717, 1.165) is 5.46 Å². The number of ether oxygens (including phenoxy) is 2. The van der Waals surface area contributed by atoms with Crippen molar-refractivity contribution in [2.24, 2.45) is 0 Å². The molecule has 32 heavy (non-hydrogen) atoms. The normalized spacial score (nSPS) is 23.7. The number of nitrogens with zero attached hydrogens (tertiary/aromatic N) is 1. The molecule has 0 bridgehead atoms. The van der Waals surface area contributed by atoms with Crippen molar-refractivity contribution in [3.8, 4) is 5.75 Å². The molecule has 0 aromatic heterocycles. The van der Waals surface area contributed by atoms with E-state index in [1.54, 1.807) is 4.90 Å². The molecule has 0 aliphatic carbocycles. The van der Waals surface area contributed by atoms with Gasteiger partial charge < -0.3 is 23.7 Å². The molecule has 7 nitrogen and oxygen atoms in total. The Bertz CT molecular complexity index is 911. The maximum Gasteiger partial charge on any atom is 0.494 e. The van der Waals surface area contributed by atoms with Crippen LogP contribution in [0.1, 0.15) is 78.1 Å². The number of fused-ring (bicyclic) bond motifs is 1. The lowest BCUT2D eigenvalue weighted by molar-refractivity contribution is -0.0226. The van der Waals surface area contributed by atoms with E-state index in [-0.39, 0.29) is 11.9 Å². The van der Waals surface area contributed by atoms with Crippen molar-refractivity contribution in [2.45, 2.75) is 90.1 Å². The van der Waals surface area contributed by atoms with Crippen LogP contribution in [-0.2, 0) is 14.0 Å². The molecular formula is C24H34BNO6. The van der Waals surface area contributed by atoms with Gasteiger partial charge in [0.15, 0.2) is 5.78 Å². The van der Waals surface area contributed by atoms with Crippen LogP contribution in [0, 0.1) is 0 Å². The number of carbonyl (C=O) groups excluding carboxylic acids is 2. The van der Waals surface area contributed by atoms with E-state index in [2.05, 4.69) is 0 Å². The van der Waals surface area contributed by atoms with Gasteiger partial charge >= 0.3 is 13.2 Å². The minimum Gasteiger partial charge on any atom is -0.486 e. The zero-order chi connectivity index (χ0) is 23.5. The number of Topliss-reactive ketones (excluding diaryl/α,β-unsaturated/α-hetero) is 1. The summed E-state index contributed by atoms with van der Waals surface area (Å²) in [6, 6.07) is 5.58. The van der Waals surface area contributed by atoms with Crippen molar-refractivity contribution < 1.29 is 28.4 Å². The molecule has 1 aromatic rings. The number of hydrogen-bond acceptors (Lipinski definition) is 6. The van der Waals surface area contributed by atoms with Crippen LogP contribution >= 0.6 is 0 Å². The number of piperidine rings is 1. The lowest BCUT2D eigenvalue weighted by atomic mass is 9.76. The van der Waals surface area contributed by atoms with E-state index in [1.165, 1.54) is 0 Å². The van der Waals surface area contributed by atoms with Crippen molar-refractivity contribution >= 4 is 24.5 Å². The topological polar surface area (TPSA) is 74.3 Å². The monoisotopic (exact) mass is 443 g/mol. The predicted molar refractivity (Wildman–Crippen MR) is 122 cm³/mol. The molecule has 0 saturated carbocycles. The summed E-state index contributed by atoms with van der Waals surface area (Å²) in [5, 5.41) is 0. The van der Waals surface area contributed by atoms with Gasteiger partial charge in [0.05, 0.1) is 23.2 Å². The maximum absolute atomic E-state index is 13.1. The Morgan fingerprint density at radius 3 is 2.22 bits per heavy atom. The molecular weight excluding hydrogens is 409 g/mol. The summed E-state index contributed by atoms with van der Waals surface area (Å²) >= 11 is 0. The van der Waals surface area contributed by atoms with Gasteiger partial charge in [-0.3, -0.25) is 4.79 Å². The van der Waals surface area contributed by atoms with Crippen molar-refractivity contribution in [1.29, 1.82) is 0 Å². The van der Waals surface area contributed by atoms with Crippen LogP contribution in [0.3, 0.4) is 0 Å². The fourth-order valence-electron chi connectivity index (χ4n) is 4.34. The second-order valence-electron chi connectivity index (χ2n) is 11.2. The second kappa shape index (κ2) is 7.49. The number of ketones is 1. The molecule has 0 atom stereocenters. The SMILES string of the molecule is CC(C)(C)OC(=O)N1CCC2(CC1)CC(=O)c1cc(B3OC(C)(C)C(C)(C)O3)ccc1O2. The van der Waals surface area contributed by atoms with Gasteiger partial charge in [-0.1, -0.05) is 6.07 Å². The highest BCUT2D eigenvalue weighted by atomic mass is 16.7. The Morgan fingerprint density at radius 1 is 1.06 bits per heavy atom. The Hall–Kier alpha value is -2.06. The Labute approximate surface area is 190 Å². The van der Waals surface area contributed by atoms with Gasteiger partial charge in [-0.05, 0) is 66.1 Å². The summed E-state index contributed by atoms with van der Waals surface area (Å²) in [7, 11) is -0.522. The van der Waals surface area contributed by atoms with E-state index in [4.69, 9.17) is 18.8 Å². The highest BCUT2D eigenvalue weighted by molar-refractivity contribution is 6.62. The van der Waals surface area contributed by atoms with Gasteiger partial charge in [-0.2, -0.15) is 0 Å². The van der Waals surface area contributed by atoms with Crippen LogP contribution < -0.4 is 10.2 Å². The largest absolute Gasteiger partial charge is 0.494 e. The van der Waals surface area contributed by atoms with Gasteiger partial charge in [-0.15, -0.1) is 0 Å². The van der Waals surface area contributed by atoms with E-state index >= 15 is 0 Å². The van der Waals surface area contributed by atoms with Gasteiger partial charge in [0.25, 0.3) is 0 Å². The van der Waals surface area contributed by atoms with E-state index < -0.39 is 29.5 Å². The summed E-state index contributed by atoms with van der Waals surface area (Å²) in [5.74, 6) is 0.641. The number of rotatable bonds is 1. The Morgan fingerprint density at radius 2 is 1.66 bits per heavy atom.